The molecule has 6 heteroatoms. The smallest absolute Gasteiger partial charge is 0.255 e. The molecule has 2 aromatic rings. The first-order valence-corrected chi connectivity index (χ1v) is 6.63. The van der Waals surface area contributed by atoms with Crippen molar-refractivity contribution in [3.05, 3.63) is 41.6 Å². The number of hydrogen-bond acceptors (Lipinski definition) is 5. The summed E-state index contributed by atoms with van der Waals surface area (Å²) in [6.07, 6.45) is 0.718. The molecular formula is C15H15N3O3. The summed E-state index contributed by atoms with van der Waals surface area (Å²) >= 11 is 0. The maximum atomic E-state index is 12.3. The highest BCUT2D eigenvalue weighted by atomic mass is 16.7. The van der Waals surface area contributed by atoms with Gasteiger partial charge in [-0.3, -0.25) is 4.79 Å². The van der Waals surface area contributed by atoms with Gasteiger partial charge in [-0.15, -0.1) is 0 Å². The number of hydrogen-bond donors (Lipinski definition) is 2. The number of fused-ring (bicyclic) bond motifs is 1. The normalized spacial score (nSPS) is 12.2. The van der Waals surface area contributed by atoms with Crippen LogP contribution in [0.3, 0.4) is 0 Å². The van der Waals surface area contributed by atoms with Gasteiger partial charge in [0.1, 0.15) is 5.82 Å². The summed E-state index contributed by atoms with van der Waals surface area (Å²) in [4.78, 5) is 16.4. The van der Waals surface area contributed by atoms with Crippen LogP contribution in [0.2, 0.25) is 0 Å². The summed E-state index contributed by atoms with van der Waals surface area (Å²) in [7, 11) is 0. The molecule has 3 rings (SSSR count). The van der Waals surface area contributed by atoms with Crippen molar-refractivity contribution in [3.8, 4) is 11.5 Å². The van der Waals surface area contributed by atoms with E-state index < -0.39 is 0 Å². The Kier molecular flexibility index (Phi) is 3.35. The lowest BCUT2D eigenvalue weighted by molar-refractivity contribution is 0.102. The predicted octanol–water partition coefficient (Wildman–Crippen LogP) is 2.21. The molecule has 0 fully saturated rings. The molecule has 0 unspecified atom stereocenters. The van der Waals surface area contributed by atoms with Gasteiger partial charge in [-0.05, 0) is 30.7 Å². The molecule has 0 spiro atoms. The van der Waals surface area contributed by atoms with Crippen LogP contribution in [0.25, 0.3) is 0 Å². The third kappa shape index (κ3) is 2.74. The molecule has 1 aliphatic rings. The summed E-state index contributed by atoms with van der Waals surface area (Å²) in [6, 6.07) is 8.54. The van der Waals surface area contributed by atoms with Crippen molar-refractivity contribution in [2.24, 2.45) is 0 Å². The van der Waals surface area contributed by atoms with E-state index in [0.29, 0.717) is 28.6 Å². The maximum absolute atomic E-state index is 12.3. The van der Waals surface area contributed by atoms with Gasteiger partial charge < -0.3 is 20.5 Å². The van der Waals surface area contributed by atoms with Crippen molar-refractivity contribution >= 4 is 17.4 Å². The number of nitrogens with two attached hydrogens (primary N) is 1. The average molecular weight is 285 g/mol. The van der Waals surface area contributed by atoms with E-state index in [9.17, 15) is 4.79 Å². The zero-order valence-electron chi connectivity index (χ0n) is 11.6. The second-order valence-corrected chi connectivity index (χ2v) is 4.65. The number of nitrogens with zero attached hydrogens (tertiary/aromatic N) is 1. The lowest BCUT2D eigenvalue weighted by Crippen LogP contribution is -2.13. The van der Waals surface area contributed by atoms with E-state index in [-0.39, 0.29) is 12.7 Å². The Morgan fingerprint density at radius 1 is 1.29 bits per heavy atom. The molecule has 0 saturated heterocycles. The van der Waals surface area contributed by atoms with Crippen molar-refractivity contribution in [2.45, 2.75) is 13.3 Å². The minimum absolute atomic E-state index is 0.202. The Hall–Kier alpha value is -2.76. The Balaban J connectivity index is 1.81. The topological polar surface area (TPSA) is 86.5 Å². The van der Waals surface area contributed by atoms with Gasteiger partial charge >= 0.3 is 0 Å². The standard InChI is InChI=1S/C15H15N3O3/c1-2-10-5-9(6-14(16)17-10)15(19)18-11-3-4-12-13(7-11)21-8-20-12/h3-7H,2,8H2,1H3,(H2,16,17)(H,18,19). The van der Waals surface area contributed by atoms with Gasteiger partial charge in [0.25, 0.3) is 5.91 Å². The molecule has 2 heterocycles. The quantitative estimate of drug-likeness (QED) is 0.903. The number of carbonyl (C=O) groups is 1. The minimum Gasteiger partial charge on any atom is -0.454 e. The van der Waals surface area contributed by atoms with E-state index in [2.05, 4.69) is 10.3 Å². The Morgan fingerprint density at radius 2 is 2.10 bits per heavy atom. The Bertz CT molecular complexity index is 701. The molecule has 1 aromatic heterocycles. The van der Waals surface area contributed by atoms with Crippen LogP contribution in [0.4, 0.5) is 11.5 Å². The fourth-order valence-electron chi connectivity index (χ4n) is 2.10. The highest BCUT2D eigenvalue weighted by Gasteiger charge is 2.15. The molecule has 1 amide bonds. The molecule has 0 bridgehead atoms. The maximum Gasteiger partial charge on any atom is 0.255 e. The van der Waals surface area contributed by atoms with Crippen LogP contribution in [0.1, 0.15) is 23.0 Å². The number of aryl methyl sites for hydroxylation is 1. The zero-order valence-corrected chi connectivity index (χ0v) is 11.6. The van der Waals surface area contributed by atoms with Gasteiger partial charge in [0.15, 0.2) is 11.5 Å². The highest BCUT2D eigenvalue weighted by molar-refractivity contribution is 6.04. The summed E-state index contributed by atoms with van der Waals surface area (Å²) in [5.74, 6) is 1.40. The Labute approximate surface area is 121 Å². The van der Waals surface area contributed by atoms with Crippen molar-refractivity contribution in [1.29, 1.82) is 0 Å². The summed E-state index contributed by atoms with van der Waals surface area (Å²) in [5.41, 5.74) is 7.62. The monoisotopic (exact) mass is 285 g/mol. The SMILES string of the molecule is CCc1cc(C(=O)Nc2ccc3c(c2)OCO3)cc(N)n1. The second kappa shape index (κ2) is 5.32. The molecule has 108 valence electrons. The second-order valence-electron chi connectivity index (χ2n) is 4.65. The van der Waals surface area contributed by atoms with Gasteiger partial charge in [-0.2, -0.15) is 0 Å². The zero-order chi connectivity index (χ0) is 14.8. The molecule has 21 heavy (non-hydrogen) atoms. The van der Waals surface area contributed by atoms with Gasteiger partial charge in [-0.1, -0.05) is 6.92 Å². The number of rotatable bonds is 3. The van der Waals surface area contributed by atoms with Crippen molar-refractivity contribution in [2.75, 3.05) is 17.8 Å². The minimum atomic E-state index is -0.238. The van der Waals surface area contributed by atoms with E-state index in [1.807, 2.05) is 6.92 Å². The van der Waals surface area contributed by atoms with Crippen LogP contribution < -0.4 is 20.5 Å². The number of amides is 1. The van der Waals surface area contributed by atoms with E-state index in [1.54, 1.807) is 30.3 Å². The lowest BCUT2D eigenvalue weighted by Gasteiger charge is -2.08. The van der Waals surface area contributed by atoms with Crippen LogP contribution in [0.15, 0.2) is 30.3 Å². The van der Waals surface area contributed by atoms with E-state index in [0.717, 1.165) is 12.1 Å². The number of carbonyl (C=O) groups excluding carboxylic acids is 1. The van der Waals surface area contributed by atoms with E-state index in [1.165, 1.54) is 0 Å². The summed E-state index contributed by atoms with van der Waals surface area (Å²) in [6.45, 7) is 2.16. The first-order valence-electron chi connectivity index (χ1n) is 6.63. The van der Waals surface area contributed by atoms with Gasteiger partial charge in [0.05, 0.1) is 0 Å². The first-order chi connectivity index (χ1) is 10.2. The molecule has 1 aliphatic heterocycles. The number of nitrogens with one attached hydrogen (secondary N) is 1. The number of pyridine rings is 1. The highest BCUT2D eigenvalue weighted by Crippen LogP contribution is 2.34. The van der Waals surface area contributed by atoms with Gasteiger partial charge in [0, 0.05) is 23.0 Å². The molecule has 0 radical (unpaired) electrons. The van der Waals surface area contributed by atoms with Gasteiger partial charge in [0.2, 0.25) is 6.79 Å². The number of anilines is 2. The van der Waals surface area contributed by atoms with Crippen LogP contribution in [0, 0.1) is 0 Å². The third-order valence-electron chi connectivity index (χ3n) is 3.15. The van der Waals surface area contributed by atoms with Crippen molar-refractivity contribution in [1.82, 2.24) is 4.98 Å². The van der Waals surface area contributed by atoms with Gasteiger partial charge in [-0.25, -0.2) is 4.98 Å². The molecule has 0 atom stereocenters. The molecule has 0 saturated carbocycles. The number of nitrogen functional groups attached to an aromatic ring is 1. The molecule has 0 aliphatic carbocycles. The van der Waals surface area contributed by atoms with Crippen LogP contribution in [-0.2, 0) is 6.42 Å². The first kappa shape index (κ1) is 13.2. The lowest BCUT2D eigenvalue weighted by atomic mass is 10.1. The molecular weight excluding hydrogens is 270 g/mol. The fraction of sp³-hybridized carbons (Fsp3) is 0.200. The number of ether oxygens (including phenoxy) is 2. The van der Waals surface area contributed by atoms with Crippen molar-refractivity contribution in [3.63, 3.8) is 0 Å². The fourth-order valence-corrected chi connectivity index (χ4v) is 2.10. The Morgan fingerprint density at radius 3 is 2.90 bits per heavy atom. The van der Waals surface area contributed by atoms with Crippen LogP contribution >= 0.6 is 0 Å². The summed E-state index contributed by atoms with van der Waals surface area (Å²) < 4.78 is 10.5. The molecule has 3 N–H and O–H groups in total. The largest absolute Gasteiger partial charge is 0.454 e. The van der Waals surface area contributed by atoms with E-state index >= 15 is 0 Å². The van der Waals surface area contributed by atoms with Crippen LogP contribution in [-0.4, -0.2) is 17.7 Å². The molecule has 1 aromatic carbocycles. The predicted molar refractivity (Wildman–Crippen MR) is 78.5 cm³/mol. The number of aromatic nitrogens is 1. The average Bonchev–Trinajstić information content (AvgIpc) is 2.94. The number of benzene rings is 1. The summed E-state index contributed by atoms with van der Waals surface area (Å²) in [5, 5.41) is 2.81. The third-order valence-corrected chi connectivity index (χ3v) is 3.15. The molecule has 6 nitrogen and oxygen atoms in total. The van der Waals surface area contributed by atoms with Crippen LogP contribution in [0.5, 0.6) is 11.5 Å². The van der Waals surface area contributed by atoms with Crippen molar-refractivity contribution < 1.29 is 14.3 Å². The van der Waals surface area contributed by atoms with E-state index in [4.69, 9.17) is 15.2 Å².